The minimum atomic E-state index is -0.703. The van der Waals surface area contributed by atoms with E-state index in [-0.39, 0.29) is 20.8 Å². The van der Waals surface area contributed by atoms with Crippen LogP contribution < -0.4 is 4.74 Å². The summed E-state index contributed by atoms with van der Waals surface area (Å²) >= 11 is 20.7. The van der Waals surface area contributed by atoms with E-state index < -0.39 is 5.97 Å². The number of esters is 1. The highest BCUT2D eigenvalue weighted by atomic mass is 79.9. The first-order valence-corrected chi connectivity index (χ1v) is 6.89. The van der Waals surface area contributed by atoms with Crippen LogP contribution in [-0.4, -0.2) is 11.0 Å². The molecule has 19 heavy (non-hydrogen) atoms. The van der Waals surface area contributed by atoms with Crippen LogP contribution in [0.15, 0.2) is 34.9 Å². The number of hydrogen-bond acceptors (Lipinski definition) is 3. The summed E-state index contributed by atoms with van der Waals surface area (Å²) in [6.07, 6.45) is 1.24. The molecule has 0 fully saturated rings. The number of carbonyl (C=O) groups excluding carboxylic acids is 1. The molecular weight excluding hydrogens is 376 g/mol. The Kier molecular flexibility index (Phi) is 4.68. The second-order valence-electron chi connectivity index (χ2n) is 3.43. The van der Waals surface area contributed by atoms with E-state index in [0.29, 0.717) is 5.75 Å². The van der Waals surface area contributed by atoms with Gasteiger partial charge in [-0.3, -0.25) is 0 Å². The number of hydrogen-bond donors (Lipinski definition) is 0. The van der Waals surface area contributed by atoms with E-state index in [0.717, 1.165) is 4.47 Å². The highest BCUT2D eigenvalue weighted by molar-refractivity contribution is 9.10. The van der Waals surface area contributed by atoms with Crippen molar-refractivity contribution in [3.05, 3.63) is 55.7 Å². The van der Waals surface area contributed by atoms with E-state index in [1.807, 2.05) is 0 Å². The van der Waals surface area contributed by atoms with Gasteiger partial charge in [0, 0.05) is 10.7 Å². The SMILES string of the molecule is O=C(Oc1ccc(Br)cc1)c1ncc(Cl)c(Cl)c1Cl. The second kappa shape index (κ2) is 6.09. The summed E-state index contributed by atoms with van der Waals surface area (Å²) < 4.78 is 6.00. The van der Waals surface area contributed by atoms with Gasteiger partial charge in [-0.15, -0.1) is 0 Å². The van der Waals surface area contributed by atoms with Crippen LogP contribution in [0, 0.1) is 0 Å². The zero-order chi connectivity index (χ0) is 14.0. The Morgan fingerprint density at radius 2 is 1.74 bits per heavy atom. The molecule has 0 saturated heterocycles. The molecule has 0 unspecified atom stereocenters. The van der Waals surface area contributed by atoms with Crippen LogP contribution in [0.3, 0.4) is 0 Å². The lowest BCUT2D eigenvalue weighted by atomic mass is 10.3. The molecule has 0 atom stereocenters. The summed E-state index contributed by atoms with van der Waals surface area (Å²) in [5.74, 6) is -0.331. The number of nitrogens with zero attached hydrogens (tertiary/aromatic N) is 1. The van der Waals surface area contributed by atoms with Crippen LogP contribution >= 0.6 is 50.7 Å². The van der Waals surface area contributed by atoms with Gasteiger partial charge >= 0.3 is 5.97 Å². The molecule has 0 aliphatic carbocycles. The Hall–Kier alpha value is -0.810. The molecule has 0 spiro atoms. The normalized spacial score (nSPS) is 10.3. The Bertz CT molecular complexity index is 632. The number of benzene rings is 1. The van der Waals surface area contributed by atoms with Gasteiger partial charge in [-0.1, -0.05) is 50.7 Å². The lowest BCUT2D eigenvalue weighted by Gasteiger charge is -2.06. The standard InChI is InChI=1S/C12H5BrCl3NO2/c13-6-1-3-7(4-2-6)19-12(18)11-10(16)9(15)8(14)5-17-11/h1-5H. The van der Waals surface area contributed by atoms with Gasteiger partial charge in [-0.2, -0.15) is 0 Å². The number of ether oxygens (including phenoxy) is 1. The average Bonchev–Trinajstić information content (AvgIpc) is 2.39. The monoisotopic (exact) mass is 379 g/mol. The third-order valence-corrected chi connectivity index (χ3v) is 3.90. The van der Waals surface area contributed by atoms with Crippen LogP contribution in [0.2, 0.25) is 15.1 Å². The fraction of sp³-hybridized carbons (Fsp3) is 0. The van der Waals surface area contributed by atoms with Gasteiger partial charge in [0.15, 0.2) is 5.69 Å². The van der Waals surface area contributed by atoms with E-state index in [4.69, 9.17) is 39.5 Å². The summed E-state index contributed by atoms with van der Waals surface area (Å²) in [4.78, 5) is 15.7. The Labute approximate surface area is 132 Å². The fourth-order valence-corrected chi connectivity index (χ4v) is 2.07. The first-order chi connectivity index (χ1) is 8.99. The molecule has 0 radical (unpaired) electrons. The molecule has 2 aromatic rings. The molecule has 3 nitrogen and oxygen atoms in total. The summed E-state index contributed by atoms with van der Waals surface area (Å²) in [6.45, 7) is 0. The maximum atomic E-state index is 11.9. The Morgan fingerprint density at radius 3 is 2.37 bits per heavy atom. The van der Waals surface area contributed by atoms with Crippen LogP contribution in [0.5, 0.6) is 5.75 Å². The van der Waals surface area contributed by atoms with Gasteiger partial charge in [-0.25, -0.2) is 9.78 Å². The summed E-state index contributed by atoms with van der Waals surface area (Å²) in [7, 11) is 0. The van der Waals surface area contributed by atoms with Crippen LogP contribution in [0.4, 0.5) is 0 Å². The Balaban J connectivity index is 2.25. The molecule has 0 aliphatic rings. The minimum absolute atomic E-state index is 0.0312. The zero-order valence-corrected chi connectivity index (χ0v) is 13.0. The maximum absolute atomic E-state index is 11.9. The molecule has 7 heteroatoms. The minimum Gasteiger partial charge on any atom is -0.422 e. The van der Waals surface area contributed by atoms with Crippen molar-refractivity contribution >= 4 is 56.7 Å². The number of rotatable bonds is 2. The number of pyridine rings is 1. The largest absolute Gasteiger partial charge is 0.422 e. The fourth-order valence-electron chi connectivity index (χ4n) is 1.24. The second-order valence-corrected chi connectivity index (χ2v) is 5.50. The van der Waals surface area contributed by atoms with Crippen molar-refractivity contribution in [2.24, 2.45) is 0 Å². The quantitative estimate of drug-likeness (QED) is 0.541. The molecule has 1 aromatic heterocycles. The van der Waals surface area contributed by atoms with Crippen molar-refractivity contribution in [2.45, 2.75) is 0 Å². The average molecular weight is 381 g/mol. The number of halogens is 4. The third-order valence-electron chi connectivity index (χ3n) is 2.13. The summed E-state index contributed by atoms with van der Waals surface area (Å²) in [5, 5.41) is 0.212. The summed E-state index contributed by atoms with van der Waals surface area (Å²) in [5.41, 5.74) is -0.0843. The zero-order valence-electron chi connectivity index (χ0n) is 9.16. The molecule has 0 bridgehead atoms. The Morgan fingerprint density at radius 1 is 1.11 bits per heavy atom. The molecule has 0 aliphatic heterocycles. The van der Waals surface area contributed by atoms with Crippen molar-refractivity contribution in [3.8, 4) is 5.75 Å². The lowest BCUT2D eigenvalue weighted by molar-refractivity contribution is 0.0729. The van der Waals surface area contributed by atoms with Gasteiger partial charge in [0.05, 0.1) is 15.1 Å². The maximum Gasteiger partial charge on any atom is 0.363 e. The summed E-state index contributed by atoms with van der Waals surface area (Å²) in [6, 6.07) is 6.75. The number of carbonyl (C=O) groups is 1. The predicted molar refractivity (Wildman–Crippen MR) is 78.4 cm³/mol. The molecule has 2 rings (SSSR count). The van der Waals surface area contributed by atoms with Crippen molar-refractivity contribution in [2.75, 3.05) is 0 Å². The predicted octanol–water partition coefficient (Wildman–Crippen LogP) is 5.02. The lowest BCUT2D eigenvalue weighted by Crippen LogP contribution is -2.11. The van der Waals surface area contributed by atoms with Gasteiger partial charge in [0.25, 0.3) is 0 Å². The van der Waals surface area contributed by atoms with Gasteiger partial charge < -0.3 is 4.74 Å². The molecule has 0 amide bonds. The number of aromatic nitrogens is 1. The first kappa shape index (κ1) is 14.6. The van der Waals surface area contributed by atoms with E-state index in [1.165, 1.54) is 6.20 Å². The van der Waals surface area contributed by atoms with E-state index in [2.05, 4.69) is 20.9 Å². The van der Waals surface area contributed by atoms with Crippen molar-refractivity contribution in [3.63, 3.8) is 0 Å². The molecule has 0 N–H and O–H groups in total. The van der Waals surface area contributed by atoms with Crippen molar-refractivity contribution in [1.82, 2.24) is 4.98 Å². The van der Waals surface area contributed by atoms with E-state index in [9.17, 15) is 4.79 Å². The van der Waals surface area contributed by atoms with Gasteiger partial charge in [0.1, 0.15) is 5.75 Å². The van der Waals surface area contributed by atoms with E-state index >= 15 is 0 Å². The highest BCUT2D eigenvalue weighted by Crippen LogP contribution is 2.31. The van der Waals surface area contributed by atoms with Crippen LogP contribution in [0.1, 0.15) is 10.5 Å². The third kappa shape index (κ3) is 3.39. The molecule has 98 valence electrons. The molecule has 1 aromatic carbocycles. The topological polar surface area (TPSA) is 39.2 Å². The molecular formula is C12H5BrCl3NO2. The smallest absolute Gasteiger partial charge is 0.363 e. The van der Waals surface area contributed by atoms with Gasteiger partial charge in [0.2, 0.25) is 0 Å². The van der Waals surface area contributed by atoms with E-state index in [1.54, 1.807) is 24.3 Å². The molecule has 1 heterocycles. The van der Waals surface area contributed by atoms with Crippen molar-refractivity contribution < 1.29 is 9.53 Å². The first-order valence-electron chi connectivity index (χ1n) is 4.96. The highest BCUT2D eigenvalue weighted by Gasteiger charge is 2.18. The van der Waals surface area contributed by atoms with Crippen LogP contribution in [0.25, 0.3) is 0 Å². The van der Waals surface area contributed by atoms with Gasteiger partial charge in [-0.05, 0) is 24.3 Å². The van der Waals surface area contributed by atoms with Crippen LogP contribution in [-0.2, 0) is 0 Å². The molecule has 0 saturated carbocycles. The van der Waals surface area contributed by atoms with Crippen molar-refractivity contribution in [1.29, 1.82) is 0 Å².